The quantitative estimate of drug-likeness (QED) is 0.722. The highest BCUT2D eigenvalue weighted by molar-refractivity contribution is 9.10. The topological polar surface area (TPSA) is 12.9 Å². The second-order valence-electron chi connectivity index (χ2n) is 4.57. The molecule has 1 aromatic carbocycles. The summed E-state index contributed by atoms with van der Waals surface area (Å²) in [7, 11) is 0. The van der Waals surface area contributed by atoms with E-state index >= 15 is 0 Å². The predicted molar refractivity (Wildman–Crippen MR) is 80.0 cm³/mol. The number of halogens is 3. The lowest BCUT2D eigenvalue weighted by Crippen LogP contribution is -2.10. The number of pyridine rings is 1. The lowest BCUT2D eigenvalue weighted by Gasteiger charge is -2.14. The van der Waals surface area contributed by atoms with Crippen molar-refractivity contribution in [2.75, 3.05) is 5.88 Å². The molecule has 1 atom stereocenters. The second-order valence-corrected chi connectivity index (χ2v) is 5.79. The predicted octanol–water partition coefficient (Wildman–Crippen LogP) is 4.62. The third-order valence-corrected chi connectivity index (χ3v) is 3.81. The molecule has 19 heavy (non-hydrogen) atoms. The monoisotopic (exact) mass is 341 g/mol. The van der Waals surface area contributed by atoms with E-state index in [0.717, 1.165) is 28.4 Å². The van der Waals surface area contributed by atoms with Gasteiger partial charge in [0, 0.05) is 22.7 Å². The lowest BCUT2D eigenvalue weighted by atomic mass is 9.95. The van der Waals surface area contributed by atoms with Crippen LogP contribution in [0.3, 0.4) is 0 Å². The van der Waals surface area contributed by atoms with Crippen molar-refractivity contribution < 1.29 is 4.39 Å². The maximum atomic E-state index is 12.9. The Morgan fingerprint density at radius 2 is 1.79 bits per heavy atom. The van der Waals surface area contributed by atoms with Crippen LogP contribution >= 0.6 is 27.5 Å². The molecule has 1 aromatic heterocycles. The van der Waals surface area contributed by atoms with Gasteiger partial charge in [0.15, 0.2) is 0 Å². The SMILES string of the molecule is Fc1ccc(CC(CCl)Cc2cncc(Br)c2)cc1. The minimum absolute atomic E-state index is 0.206. The Balaban J connectivity index is 2.02. The van der Waals surface area contributed by atoms with Crippen molar-refractivity contribution in [1.29, 1.82) is 0 Å². The minimum Gasteiger partial charge on any atom is -0.263 e. The van der Waals surface area contributed by atoms with E-state index in [1.54, 1.807) is 6.20 Å². The highest BCUT2D eigenvalue weighted by Gasteiger charge is 2.10. The highest BCUT2D eigenvalue weighted by atomic mass is 79.9. The zero-order valence-corrected chi connectivity index (χ0v) is 12.7. The fraction of sp³-hybridized carbons (Fsp3) is 0.267. The third kappa shape index (κ3) is 4.59. The molecule has 1 nitrogen and oxygen atoms in total. The number of benzene rings is 1. The van der Waals surface area contributed by atoms with Crippen LogP contribution in [0.4, 0.5) is 4.39 Å². The first-order valence-corrected chi connectivity index (χ1v) is 7.40. The van der Waals surface area contributed by atoms with Crippen molar-refractivity contribution in [2.24, 2.45) is 5.92 Å². The Labute approximate surface area is 126 Å². The Morgan fingerprint density at radius 3 is 2.42 bits per heavy atom. The molecule has 0 radical (unpaired) electrons. The number of aromatic nitrogens is 1. The lowest BCUT2D eigenvalue weighted by molar-refractivity contribution is 0.580. The van der Waals surface area contributed by atoms with Gasteiger partial charge in [-0.15, -0.1) is 11.6 Å². The summed E-state index contributed by atoms with van der Waals surface area (Å²) in [5.74, 6) is 0.690. The zero-order chi connectivity index (χ0) is 13.7. The van der Waals surface area contributed by atoms with Crippen LogP contribution in [-0.2, 0) is 12.8 Å². The summed E-state index contributed by atoms with van der Waals surface area (Å²) in [6, 6.07) is 8.65. The fourth-order valence-corrected chi connectivity index (χ4v) is 2.67. The van der Waals surface area contributed by atoms with Gasteiger partial charge in [-0.05, 0) is 64.0 Å². The number of alkyl halides is 1. The van der Waals surface area contributed by atoms with E-state index in [9.17, 15) is 4.39 Å². The highest BCUT2D eigenvalue weighted by Crippen LogP contribution is 2.18. The largest absolute Gasteiger partial charge is 0.263 e. The van der Waals surface area contributed by atoms with E-state index in [1.165, 1.54) is 12.1 Å². The maximum Gasteiger partial charge on any atom is 0.123 e. The minimum atomic E-state index is -0.206. The van der Waals surface area contributed by atoms with Gasteiger partial charge >= 0.3 is 0 Å². The molecule has 0 aliphatic heterocycles. The number of hydrogen-bond acceptors (Lipinski definition) is 1. The van der Waals surface area contributed by atoms with Gasteiger partial charge in [0.1, 0.15) is 5.82 Å². The van der Waals surface area contributed by atoms with E-state index < -0.39 is 0 Å². The van der Waals surface area contributed by atoms with Crippen molar-refractivity contribution in [3.8, 4) is 0 Å². The van der Waals surface area contributed by atoms with E-state index in [2.05, 4.69) is 27.0 Å². The Morgan fingerprint density at radius 1 is 1.11 bits per heavy atom. The molecule has 0 aliphatic carbocycles. The molecule has 0 spiro atoms. The first-order chi connectivity index (χ1) is 9.17. The van der Waals surface area contributed by atoms with Crippen LogP contribution in [-0.4, -0.2) is 10.9 Å². The molecule has 0 N–H and O–H groups in total. The Bertz CT molecular complexity index is 530. The molecule has 0 aliphatic rings. The van der Waals surface area contributed by atoms with Crippen LogP contribution in [0, 0.1) is 11.7 Å². The number of hydrogen-bond donors (Lipinski definition) is 0. The van der Waals surface area contributed by atoms with Crippen LogP contribution in [0.1, 0.15) is 11.1 Å². The van der Waals surface area contributed by atoms with Crippen LogP contribution in [0.5, 0.6) is 0 Å². The molecule has 100 valence electrons. The molecule has 0 saturated heterocycles. The smallest absolute Gasteiger partial charge is 0.123 e. The Hall–Kier alpha value is -0.930. The molecule has 2 aromatic rings. The molecule has 0 bridgehead atoms. The molecular weight excluding hydrogens is 329 g/mol. The molecule has 0 saturated carbocycles. The third-order valence-electron chi connectivity index (χ3n) is 2.94. The molecule has 1 unspecified atom stereocenters. The van der Waals surface area contributed by atoms with Crippen molar-refractivity contribution in [3.05, 3.63) is 64.1 Å². The average Bonchev–Trinajstić information content (AvgIpc) is 2.40. The van der Waals surface area contributed by atoms with Gasteiger partial charge < -0.3 is 0 Å². The Kier molecular flexibility index (Phi) is 5.34. The van der Waals surface area contributed by atoms with Crippen molar-refractivity contribution >= 4 is 27.5 Å². The molecule has 0 amide bonds. The van der Waals surface area contributed by atoms with Gasteiger partial charge in [0.2, 0.25) is 0 Å². The molecule has 0 fully saturated rings. The van der Waals surface area contributed by atoms with Gasteiger partial charge in [-0.1, -0.05) is 12.1 Å². The van der Waals surface area contributed by atoms with Gasteiger partial charge in [0.05, 0.1) is 0 Å². The van der Waals surface area contributed by atoms with Gasteiger partial charge in [0.25, 0.3) is 0 Å². The summed E-state index contributed by atoms with van der Waals surface area (Å²) < 4.78 is 13.8. The van der Waals surface area contributed by atoms with E-state index in [0.29, 0.717) is 11.8 Å². The summed E-state index contributed by atoms with van der Waals surface area (Å²) in [5.41, 5.74) is 2.26. The van der Waals surface area contributed by atoms with Crippen LogP contribution < -0.4 is 0 Å². The normalized spacial score (nSPS) is 12.4. The van der Waals surface area contributed by atoms with E-state index in [1.807, 2.05) is 18.3 Å². The summed E-state index contributed by atoms with van der Waals surface area (Å²) in [5, 5.41) is 0. The van der Waals surface area contributed by atoms with Crippen LogP contribution in [0.2, 0.25) is 0 Å². The molecule has 1 heterocycles. The van der Waals surface area contributed by atoms with Crippen LogP contribution in [0.15, 0.2) is 47.2 Å². The van der Waals surface area contributed by atoms with Crippen molar-refractivity contribution in [2.45, 2.75) is 12.8 Å². The fourth-order valence-electron chi connectivity index (χ4n) is 2.04. The first kappa shape index (κ1) is 14.5. The first-order valence-electron chi connectivity index (χ1n) is 6.07. The second kappa shape index (κ2) is 7.01. The average molecular weight is 343 g/mol. The van der Waals surface area contributed by atoms with Gasteiger partial charge in [-0.2, -0.15) is 0 Å². The standard InChI is InChI=1S/C15H14BrClFN/c16-14-7-13(9-19-10-14)6-12(8-17)5-11-1-3-15(18)4-2-11/h1-4,7,9-10,12H,5-6,8H2. The molecule has 2 rings (SSSR count). The van der Waals surface area contributed by atoms with E-state index in [-0.39, 0.29) is 5.82 Å². The van der Waals surface area contributed by atoms with Gasteiger partial charge in [-0.3, -0.25) is 4.98 Å². The summed E-state index contributed by atoms with van der Waals surface area (Å²) in [4.78, 5) is 4.15. The summed E-state index contributed by atoms with van der Waals surface area (Å²) in [6.45, 7) is 0. The van der Waals surface area contributed by atoms with Crippen molar-refractivity contribution in [3.63, 3.8) is 0 Å². The summed E-state index contributed by atoms with van der Waals surface area (Å²) >= 11 is 9.44. The van der Waals surface area contributed by atoms with Crippen molar-refractivity contribution in [1.82, 2.24) is 4.98 Å². The molecule has 4 heteroatoms. The summed E-state index contributed by atoms with van der Waals surface area (Å²) in [6.07, 6.45) is 5.33. The number of nitrogens with zero attached hydrogens (tertiary/aromatic N) is 1. The zero-order valence-electron chi connectivity index (χ0n) is 10.3. The van der Waals surface area contributed by atoms with Crippen LogP contribution in [0.25, 0.3) is 0 Å². The number of rotatable bonds is 5. The maximum absolute atomic E-state index is 12.9. The van der Waals surface area contributed by atoms with Gasteiger partial charge in [-0.25, -0.2) is 4.39 Å². The molecular formula is C15H14BrClFN. The van der Waals surface area contributed by atoms with E-state index in [4.69, 9.17) is 11.6 Å².